The minimum atomic E-state index is -0.911. The van der Waals surface area contributed by atoms with Crippen molar-refractivity contribution >= 4 is 12.6 Å². The van der Waals surface area contributed by atoms with Gasteiger partial charge < -0.3 is 9.59 Å². The van der Waals surface area contributed by atoms with Crippen molar-refractivity contribution in [2.45, 2.75) is 12.8 Å². The maximum absolute atomic E-state index is 10.3. The Labute approximate surface area is 151 Å². The minimum Gasteiger partial charge on any atom is -0.543 e. The predicted octanol–water partition coefficient (Wildman–Crippen LogP) is 1.10. The van der Waals surface area contributed by atoms with E-state index in [1.54, 1.807) is 24.7 Å². The van der Waals surface area contributed by atoms with E-state index in [-0.39, 0.29) is 83.3 Å². The number of hydrogen-bond donors (Lipinski definition) is 0. The van der Waals surface area contributed by atoms with Gasteiger partial charge in [0.25, 0.3) is 0 Å². The Morgan fingerprint density at radius 1 is 1.27 bits per heavy atom. The van der Waals surface area contributed by atoms with Gasteiger partial charge in [0.1, 0.15) is 0 Å². The van der Waals surface area contributed by atoms with Crippen molar-refractivity contribution in [3.8, 4) is 0 Å². The SMILES string of the molecule is Cc1ccc[c-]c1C([C-]=O)[C-]=O.[U].[U].[W]. The number of benzene rings is 1. The molecule has 1 rings (SSSR count). The molecule has 0 amide bonds. The van der Waals surface area contributed by atoms with Crippen LogP contribution in [-0.4, -0.2) is 12.6 Å². The Kier molecular flexibility index (Phi) is 17.0. The molecule has 0 spiro atoms. The van der Waals surface area contributed by atoms with Gasteiger partial charge in [0, 0.05) is 83.3 Å². The molecular formula is C10H7O2U2W-3. The van der Waals surface area contributed by atoms with Crippen molar-refractivity contribution in [3.05, 3.63) is 35.4 Å². The van der Waals surface area contributed by atoms with Gasteiger partial charge >= 0.3 is 0 Å². The topological polar surface area (TPSA) is 34.1 Å². The average Bonchev–Trinajstić information content (AvgIpc) is 2.10. The van der Waals surface area contributed by atoms with E-state index in [1.807, 2.05) is 13.0 Å². The Hall–Kier alpha value is 1.35. The molecule has 0 radical (unpaired) electrons. The van der Waals surface area contributed by atoms with Gasteiger partial charge in [0.2, 0.25) is 0 Å². The summed E-state index contributed by atoms with van der Waals surface area (Å²) in [6, 6.07) is 8.08. The van der Waals surface area contributed by atoms with Crippen LogP contribution in [0.25, 0.3) is 0 Å². The molecule has 0 bridgehead atoms. The third-order valence-electron chi connectivity index (χ3n) is 1.63. The van der Waals surface area contributed by atoms with Crippen molar-refractivity contribution in [2.75, 3.05) is 0 Å². The molecule has 1 aromatic carbocycles. The van der Waals surface area contributed by atoms with Crippen molar-refractivity contribution in [1.82, 2.24) is 0 Å². The van der Waals surface area contributed by atoms with Gasteiger partial charge in [-0.25, -0.2) is 11.5 Å². The normalized spacial score (nSPS) is 7.87. The summed E-state index contributed by atoms with van der Waals surface area (Å²) < 4.78 is 0. The third kappa shape index (κ3) is 6.61. The molecule has 15 heavy (non-hydrogen) atoms. The summed E-state index contributed by atoms with van der Waals surface area (Å²) in [5.74, 6) is -0.911. The number of hydrogen-bond acceptors (Lipinski definition) is 2. The summed E-state index contributed by atoms with van der Waals surface area (Å²) in [5.41, 5.74) is 1.41. The number of carbonyl (C=O) groups excluding carboxylic acids is 2. The monoisotopic (exact) mass is 819 g/mol. The molecule has 0 aromatic heterocycles. The van der Waals surface area contributed by atoms with Gasteiger partial charge in [-0.1, -0.05) is 6.92 Å². The fraction of sp³-hybridized carbons (Fsp3) is 0.200. The molecule has 0 unspecified atom stereocenters. The zero-order valence-corrected chi connectivity index (χ0v) is 19.3. The summed E-state index contributed by atoms with van der Waals surface area (Å²) in [5, 5.41) is 0. The molecule has 76 valence electrons. The summed E-state index contributed by atoms with van der Waals surface area (Å²) >= 11 is 0. The van der Waals surface area contributed by atoms with E-state index < -0.39 is 5.92 Å². The Morgan fingerprint density at radius 2 is 1.80 bits per heavy atom. The number of rotatable bonds is 3. The van der Waals surface area contributed by atoms with Crippen LogP contribution in [0.1, 0.15) is 17.0 Å². The molecule has 1 aromatic rings. The first-order valence-corrected chi connectivity index (χ1v) is 3.52. The fourth-order valence-corrected chi connectivity index (χ4v) is 0.987. The predicted molar refractivity (Wildman–Crippen MR) is 44.1 cm³/mol. The van der Waals surface area contributed by atoms with Gasteiger partial charge in [0.05, 0.1) is 0 Å². The van der Waals surface area contributed by atoms with Gasteiger partial charge in [-0.3, -0.25) is 12.6 Å². The molecule has 0 aliphatic carbocycles. The van der Waals surface area contributed by atoms with Crippen LogP contribution in [0.5, 0.6) is 0 Å². The molecule has 0 aliphatic heterocycles. The van der Waals surface area contributed by atoms with Crippen molar-refractivity contribution in [1.29, 1.82) is 0 Å². The van der Waals surface area contributed by atoms with Crippen molar-refractivity contribution < 1.29 is 92.9 Å². The fourth-order valence-electron chi connectivity index (χ4n) is 0.987. The van der Waals surface area contributed by atoms with Gasteiger partial charge in [-0.05, 0) is 0 Å². The molecule has 0 aliphatic rings. The maximum Gasteiger partial charge on any atom is 0 e. The van der Waals surface area contributed by atoms with E-state index in [4.69, 9.17) is 0 Å². The molecule has 2 nitrogen and oxygen atoms in total. The van der Waals surface area contributed by atoms with E-state index in [2.05, 4.69) is 6.07 Å². The van der Waals surface area contributed by atoms with Crippen LogP contribution < -0.4 is 0 Å². The van der Waals surface area contributed by atoms with Gasteiger partial charge in [-0.15, -0.1) is 0 Å². The zero-order valence-electron chi connectivity index (χ0n) is 8.03. The molecule has 0 saturated carbocycles. The van der Waals surface area contributed by atoms with E-state index >= 15 is 0 Å². The zero-order chi connectivity index (χ0) is 8.97. The quantitative estimate of drug-likeness (QED) is 0.339. The molecule has 0 fully saturated rings. The van der Waals surface area contributed by atoms with Crippen LogP contribution in [0, 0.1) is 75.2 Å². The summed E-state index contributed by atoms with van der Waals surface area (Å²) in [4.78, 5) is 20.6. The van der Waals surface area contributed by atoms with Crippen LogP contribution in [0.15, 0.2) is 18.2 Å². The largest absolute Gasteiger partial charge is 0.543 e. The first-order chi connectivity index (χ1) is 5.79. The molecule has 0 atom stereocenters. The van der Waals surface area contributed by atoms with Crippen molar-refractivity contribution in [3.63, 3.8) is 0 Å². The van der Waals surface area contributed by atoms with Crippen LogP contribution in [0.3, 0.4) is 0 Å². The molecule has 0 heterocycles. The summed E-state index contributed by atoms with van der Waals surface area (Å²) in [6.07, 6.45) is 3.21. The summed E-state index contributed by atoms with van der Waals surface area (Å²) in [6.45, 7) is 1.81. The standard InChI is InChI=1S/C10H7O2.2U.W/c1-8-4-2-3-5-10(8)9(6-11)7-12;;;/h2-4,9H,1H3;;;/q-3;;;. The van der Waals surface area contributed by atoms with Crippen LogP contribution in [-0.2, 0) is 30.7 Å². The second-order valence-electron chi connectivity index (χ2n) is 2.44. The van der Waals surface area contributed by atoms with Gasteiger partial charge in [0.15, 0.2) is 0 Å². The minimum absolute atomic E-state index is 0. The van der Waals surface area contributed by atoms with Gasteiger partial charge in [-0.2, -0.15) is 29.8 Å². The van der Waals surface area contributed by atoms with Crippen molar-refractivity contribution in [2.24, 2.45) is 0 Å². The second kappa shape index (κ2) is 11.8. The molecule has 0 saturated heterocycles. The van der Waals surface area contributed by atoms with E-state index in [9.17, 15) is 9.59 Å². The van der Waals surface area contributed by atoms with E-state index in [0.29, 0.717) is 5.56 Å². The molecule has 0 N–H and O–H groups in total. The van der Waals surface area contributed by atoms with Crippen LogP contribution in [0.2, 0.25) is 0 Å². The summed E-state index contributed by atoms with van der Waals surface area (Å²) in [7, 11) is 0. The Balaban J connectivity index is -0.000000480. The Bertz CT molecular complexity index is 297. The average molecular weight is 819 g/mol. The maximum atomic E-state index is 10.3. The third-order valence-corrected chi connectivity index (χ3v) is 1.63. The number of aryl methyl sites for hydroxylation is 1. The first-order valence-electron chi connectivity index (χ1n) is 3.52. The second-order valence-corrected chi connectivity index (χ2v) is 2.44. The smallest absolute Gasteiger partial charge is 0 e. The first kappa shape index (κ1) is 21.6. The van der Waals surface area contributed by atoms with E-state index in [0.717, 1.165) is 5.56 Å². The Morgan fingerprint density at radius 3 is 2.20 bits per heavy atom. The molecule has 5 heteroatoms. The van der Waals surface area contributed by atoms with E-state index in [1.165, 1.54) is 0 Å². The molecular weight excluding hydrogens is 812 g/mol. The van der Waals surface area contributed by atoms with Crippen LogP contribution >= 0.6 is 0 Å². The van der Waals surface area contributed by atoms with Crippen LogP contribution in [0.4, 0.5) is 0 Å².